The summed E-state index contributed by atoms with van der Waals surface area (Å²) in [7, 11) is 0. The number of esters is 1. The van der Waals surface area contributed by atoms with Crippen LogP contribution in [-0.2, 0) is 16.1 Å². The van der Waals surface area contributed by atoms with E-state index in [4.69, 9.17) is 4.74 Å². The number of ether oxygens (including phenoxy) is 1. The number of halogens is 1. The summed E-state index contributed by atoms with van der Waals surface area (Å²) < 4.78 is 18.6. The molecule has 0 radical (unpaired) electrons. The first kappa shape index (κ1) is 23.0. The molecular weight excluding hydrogens is 399 g/mol. The van der Waals surface area contributed by atoms with E-state index in [9.17, 15) is 19.1 Å². The van der Waals surface area contributed by atoms with Gasteiger partial charge in [-0.05, 0) is 56.9 Å². The van der Waals surface area contributed by atoms with Crippen LogP contribution >= 0.6 is 0 Å². The molecule has 1 saturated carbocycles. The smallest absolute Gasteiger partial charge is 0.355 e. The molecule has 1 aliphatic rings. The second-order valence-corrected chi connectivity index (χ2v) is 8.36. The van der Waals surface area contributed by atoms with Crippen LogP contribution in [0.2, 0.25) is 0 Å². The largest absolute Gasteiger partial charge is 0.451 e. The Morgan fingerprint density at radius 2 is 1.84 bits per heavy atom. The Balaban J connectivity index is 1.70. The summed E-state index contributed by atoms with van der Waals surface area (Å²) in [5.41, 5.74) is 3.08. The topological polar surface area (TPSA) is 82.6 Å². The molecule has 0 spiro atoms. The average Bonchev–Trinajstić information content (AvgIpc) is 3.06. The number of aliphatic hydroxyl groups is 1. The van der Waals surface area contributed by atoms with Crippen LogP contribution in [0.15, 0.2) is 24.3 Å². The highest BCUT2D eigenvalue weighted by molar-refractivity contribution is 5.91. The summed E-state index contributed by atoms with van der Waals surface area (Å²) in [6, 6.07) is 6.20. The number of aromatic nitrogens is 1. The Bertz CT molecular complexity index is 914. The van der Waals surface area contributed by atoms with E-state index in [0.717, 1.165) is 37.7 Å². The maximum Gasteiger partial charge on any atom is 0.355 e. The third kappa shape index (κ3) is 5.53. The fraction of sp³-hybridized carbons (Fsp3) is 0.500. The van der Waals surface area contributed by atoms with Crippen LogP contribution in [-0.4, -0.2) is 39.5 Å². The van der Waals surface area contributed by atoms with Crippen LogP contribution in [0, 0.1) is 19.7 Å². The van der Waals surface area contributed by atoms with Crippen LogP contribution in [0.1, 0.15) is 78.0 Å². The fourth-order valence-corrected chi connectivity index (χ4v) is 4.48. The molecule has 1 amide bonds. The minimum Gasteiger partial charge on any atom is -0.451 e. The number of nitrogens with zero attached hydrogens (tertiary/aromatic N) is 1. The number of carbonyl (C=O) groups is 2. The normalized spacial score (nSPS) is 15.5. The lowest BCUT2D eigenvalue weighted by Gasteiger charge is -2.34. The van der Waals surface area contributed by atoms with E-state index in [1.807, 2.05) is 0 Å². The van der Waals surface area contributed by atoms with Crippen molar-refractivity contribution >= 4 is 11.9 Å². The number of aromatic amines is 1. The molecule has 2 aromatic rings. The van der Waals surface area contributed by atoms with Crippen LogP contribution in [0.3, 0.4) is 0 Å². The van der Waals surface area contributed by atoms with Crippen molar-refractivity contribution < 1.29 is 23.8 Å². The summed E-state index contributed by atoms with van der Waals surface area (Å²) in [5.74, 6) is -1.20. The highest BCUT2D eigenvalue weighted by Crippen LogP contribution is 2.26. The number of aliphatic hydroxyl groups excluding tert-OH is 1. The average molecular weight is 431 g/mol. The van der Waals surface area contributed by atoms with Gasteiger partial charge >= 0.3 is 5.97 Å². The van der Waals surface area contributed by atoms with E-state index < -0.39 is 12.1 Å². The van der Waals surface area contributed by atoms with Gasteiger partial charge in [0.05, 0.1) is 6.10 Å². The van der Waals surface area contributed by atoms with Gasteiger partial charge in [0, 0.05) is 23.8 Å². The molecule has 0 saturated heterocycles. The Morgan fingerprint density at radius 3 is 2.42 bits per heavy atom. The maximum absolute atomic E-state index is 13.3. The van der Waals surface area contributed by atoms with E-state index in [1.54, 1.807) is 37.8 Å². The number of H-pyrrole nitrogens is 1. The van der Waals surface area contributed by atoms with Crippen LogP contribution in [0.5, 0.6) is 0 Å². The molecule has 7 heteroatoms. The van der Waals surface area contributed by atoms with E-state index >= 15 is 0 Å². The zero-order valence-electron chi connectivity index (χ0n) is 18.4. The van der Waals surface area contributed by atoms with Gasteiger partial charge in [-0.2, -0.15) is 0 Å². The van der Waals surface area contributed by atoms with Gasteiger partial charge in [-0.3, -0.25) is 4.79 Å². The molecule has 1 fully saturated rings. The molecule has 1 aromatic heterocycles. The minimum atomic E-state index is -0.711. The van der Waals surface area contributed by atoms with E-state index in [1.165, 1.54) is 12.1 Å². The van der Waals surface area contributed by atoms with E-state index in [-0.39, 0.29) is 30.1 Å². The van der Waals surface area contributed by atoms with Crippen LogP contribution in [0.4, 0.5) is 4.39 Å². The molecule has 31 heavy (non-hydrogen) atoms. The summed E-state index contributed by atoms with van der Waals surface area (Å²) >= 11 is 0. The lowest BCUT2D eigenvalue weighted by atomic mass is 9.93. The summed E-state index contributed by atoms with van der Waals surface area (Å²) in [5, 5.41) is 9.92. The third-order valence-corrected chi connectivity index (χ3v) is 6.05. The van der Waals surface area contributed by atoms with Crippen molar-refractivity contribution in [3.63, 3.8) is 0 Å². The molecule has 1 aromatic carbocycles. The molecule has 1 heterocycles. The van der Waals surface area contributed by atoms with Gasteiger partial charge in [-0.25, -0.2) is 9.18 Å². The first-order valence-electron chi connectivity index (χ1n) is 10.9. The van der Waals surface area contributed by atoms with Crippen molar-refractivity contribution in [1.82, 2.24) is 9.88 Å². The quantitative estimate of drug-likeness (QED) is 0.640. The molecule has 1 aliphatic carbocycles. The minimum absolute atomic E-state index is 0.0846. The van der Waals surface area contributed by atoms with Crippen molar-refractivity contribution in [3.8, 4) is 0 Å². The number of rotatable bonds is 7. The lowest BCUT2D eigenvalue weighted by Crippen LogP contribution is -2.43. The standard InChI is InChI=1S/C24H31FN2O4/c1-15-22(17(3)28)16(2)26-23(15)24(30)31-14-21(29)27(20-7-5-4-6-8-20)13-18-9-11-19(25)12-10-18/h9-12,17,20,26,28H,4-8,13-14H2,1-3H3/t17-/m0/s1. The van der Waals surface area contributed by atoms with Crippen molar-refractivity contribution in [1.29, 1.82) is 0 Å². The SMILES string of the molecule is Cc1[nH]c(C(=O)OCC(=O)N(Cc2ccc(F)cc2)C2CCCCC2)c(C)c1[C@H](C)O. The number of hydrogen-bond acceptors (Lipinski definition) is 4. The number of hydrogen-bond donors (Lipinski definition) is 2. The molecule has 0 bridgehead atoms. The van der Waals surface area contributed by atoms with Crippen molar-refractivity contribution in [2.45, 2.75) is 71.6 Å². The van der Waals surface area contributed by atoms with Crippen molar-refractivity contribution in [2.24, 2.45) is 0 Å². The maximum atomic E-state index is 13.3. The summed E-state index contributed by atoms with van der Waals surface area (Å²) in [4.78, 5) is 30.4. The Morgan fingerprint density at radius 1 is 1.19 bits per heavy atom. The zero-order chi connectivity index (χ0) is 22.5. The zero-order valence-corrected chi connectivity index (χ0v) is 18.4. The van der Waals surface area contributed by atoms with E-state index in [0.29, 0.717) is 23.4 Å². The highest BCUT2D eigenvalue weighted by atomic mass is 19.1. The molecule has 2 N–H and O–H groups in total. The van der Waals surface area contributed by atoms with Crippen molar-refractivity contribution in [3.05, 3.63) is 58.2 Å². The second kappa shape index (κ2) is 10.1. The molecule has 6 nitrogen and oxygen atoms in total. The molecule has 1 atom stereocenters. The number of nitrogens with one attached hydrogen (secondary N) is 1. The summed E-state index contributed by atoms with van der Waals surface area (Å²) in [6.45, 7) is 5.16. The number of aryl methyl sites for hydroxylation is 1. The summed E-state index contributed by atoms with van der Waals surface area (Å²) in [6.07, 6.45) is 4.38. The van der Waals surface area contributed by atoms with Gasteiger partial charge in [-0.1, -0.05) is 31.4 Å². The van der Waals surface area contributed by atoms with Crippen molar-refractivity contribution in [2.75, 3.05) is 6.61 Å². The first-order valence-corrected chi connectivity index (χ1v) is 10.9. The molecular formula is C24H31FN2O4. The highest BCUT2D eigenvalue weighted by Gasteiger charge is 2.27. The molecule has 3 rings (SSSR count). The molecule has 0 unspecified atom stereocenters. The Labute approximate surface area is 182 Å². The van der Waals surface area contributed by atoms with Gasteiger partial charge in [-0.15, -0.1) is 0 Å². The number of benzene rings is 1. The first-order chi connectivity index (χ1) is 14.8. The van der Waals surface area contributed by atoms with Gasteiger partial charge in [0.15, 0.2) is 6.61 Å². The van der Waals surface area contributed by atoms with E-state index in [2.05, 4.69) is 4.98 Å². The predicted molar refractivity (Wildman–Crippen MR) is 115 cm³/mol. The van der Waals surface area contributed by atoms with Crippen LogP contribution < -0.4 is 0 Å². The molecule has 0 aliphatic heterocycles. The Kier molecular flexibility index (Phi) is 7.49. The van der Waals surface area contributed by atoms with Gasteiger partial charge in [0.2, 0.25) is 0 Å². The lowest BCUT2D eigenvalue weighted by molar-refractivity contribution is -0.138. The number of carbonyl (C=O) groups excluding carboxylic acids is 2. The van der Waals surface area contributed by atoms with Gasteiger partial charge in [0.25, 0.3) is 5.91 Å². The molecule has 168 valence electrons. The van der Waals surface area contributed by atoms with Crippen LogP contribution in [0.25, 0.3) is 0 Å². The monoisotopic (exact) mass is 430 g/mol. The predicted octanol–water partition coefficient (Wildman–Crippen LogP) is 4.34. The number of amides is 1. The third-order valence-electron chi connectivity index (χ3n) is 6.05. The Hall–Kier alpha value is -2.67. The fourth-order valence-electron chi connectivity index (χ4n) is 4.48. The van der Waals surface area contributed by atoms with Gasteiger partial charge in [0.1, 0.15) is 11.5 Å². The van der Waals surface area contributed by atoms with Gasteiger partial charge < -0.3 is 19.7 Å². The second-order valence-electron chi connectivity index (χ2n) is 8.36.